The Balaban J connectivity index is 2.03. The average molecular weight is 445 g/mol. The number of hydrogen-bond acceptors (Lipinski definition) is 3. The Morgan fingerprint density at radius 1 is 1.20 bits per heavy atom. The standard InChI is InChI=1S/C21H21ClF4N2O2/c1-19(2,14-8-12(23)4-5-17(14)30-3)11-20(29,21(24,25)26)9-16-18(22)13-10-27-7-6-15(13)28-16/h4-8,10,28-29H,9,11H2,1-3H3. The van der Waals surface area contributed by atoms with Crippen molar-refractivity contribution in [1.82, 2.24) is 9.97 Å². The topological polar surface area (TPSA) is 58.1 Å². The molecule has 2 aromatic heterocycles. The number of pyridine rings is 1. The van der Waals surface area contributed by atoms with Crippen molar-refractivity contribution in [1.29, 1.82) is 0 Å². The van der Waals surface area contributed by atoms with E-state index in [0.29, 0.717) is 10.9 Å². The molecule has 3 rings (SSSR count). The fraction of sp³-hybridized carbons (Fsp3) is 0.381. The lowest BCUT2D eigenvalue weighted by atomic mass is 9.73. The molecule has 1 unspecified atom stereocenters. The number of H-pyrrole nitrogens is 1. The van der Waals surface area contributed by atoms with Crippen LogP contribution in [-0.4, -0.2) is 34.0 Å². The first-order valence-corrected chi connectivity index (χ1v) is 9.49. The van der Waals surface area contributed by atoms with Gasteiger partial charge in [-0.2, -0.15) is 13.2 Å². The molecule has 1 aromatic carbocycles. The number of aromatic nitrogens is 2. The molecule has 0 amide bonds. The minimum atomic E-state index is -4.97. The monoisotopic (exact) mass is 444 g/mol. The van der Waals surface area contributed by atoms with Gasteiger partial charge in [0.1, 0.15) is 11.6 Å². The van der Waals surface area contributed by atoms with Gasteiger partial charge in [0.15, 0.2) is 5.60 Å². The second kappa shape index (κ2) is 7.74. The zero-order valence-corrected chi connectivity index (χ0v) is 17.3. The lowest BCUT2D eigenvalue weighted by Crippen LogP contribution is -2.51. The Labute approximate surface area is 175 Å². The third-order valence-electron chi connectivity index (χ3n) is 5.23. The summed E-state index contributed by atoms with van der Waals surface area (Å²) >= 11 is 6.25. The van der Waals surface area contributed by atoms with Crippen molar-refractivity contribution in [3.63, 3.8) is 0 Å². The molecule has 9 heteroatoms. The van der Waals surface area contributed by atoms with Crippen LogP contribution < -0.4 is 4.74 Å². The van der Waals surface area contributed by atoms with Crippen LogP contribution in [0.25, 0.3) is 10.9 Å². The number of benzene rings is 1. The number of methoxy groups -OCH3 is 1. The predicted octanol–water partition coefficient (Wildman–Crippen LogP) is 5.57. The number of fused-ring (bicyclic) bond motifs is 1. The molecule has 0 fully saturated rings. The molecule has 0 spiro atoms. The maximum Gasteiger partial charge on any atom is 0.417 e. The summed E-state index contributed by atoms with van der Waals surface area (Å²) < 4.78 is 61.2. The maximum atomic E-state index is 14.1. The summed E-state index contributed by atoms with van der Waals surface area (Å²) in [6, 6.07) is 5.21. The third-order valence-corrected chi connectivity index (χ3v) is 5.66. The first kappa shape index (κ1) is 22.4. The molecule has 4 nitrogen and oxygen atoms in total. The second-order valence-corrected chi connectivity index (χ2v) is 8.33. The van der Waals surface area contributed by atoms with E-state index in [-0.39, 0.29) is 22.0 Å². The van der Waals surface area contributed by atoms with E-state index in [9.17, 15) is 22.7 Å². The van der Waals surface area contributed by atoms with Crippen LogP contribution in [-0.2, 0) is 11.8 Å². The summed E-state index contributed by atoms with van der Waals surface area (Å²) in [4.78, 5) is 6.75. The summed E-state index contributed by atoms with van der Waals surface area (Å²) in [7, 11) is 1.35. The Morgan fingerprint density at radius 2 is 1.90 bits per heavy atom. The maximum absolute atomic E-state index is 14.1. The molecule has 2 N–H and O–H groups in total. The summed E-state index contributed by atoms with van der Waals surface area (Å²) in [5.74, 6) is -0.374. The van der Waals surface area contributed by atoms with E-state index in [1.807, 2.05) is 0 Å². The molecule has 0 saturated heterocycles. The summed E-state index contributed by atoms with van der Waals surface area (Å²) in [6.07, 6.45) is -3.60. The lowest BCUT2D eigenvalue weighted by molar-refractivity contribution is -0.266. The number of alkyl halides is 3. The Hall–Kier alpha value is -2.32. The molecule has 0 bridgehead atoms. The summed E-state index contributed by atoms with van der Waals surface area (Å²) in [6.45, 7) is 3.00. The van der Waals surface area contributed by atoms with Gasteiger partial charge in [-0.1, -0.05) is 25.4 Å². The molecule has 1 atom stereocenters. The van der Waals surface area contributed by atoms with E-state index in [1.165, 1.54) is 39.4 Å². The van der Waals surface area contributed by atoms with Gasteiger partial charge in [0.05, 0.1) is 17.6 Å². The van der Waals surface area contributed by atoms with Crippen molar-refractivity contribution in [2.75, 3.05) is 7.11 Å². The smallest absolute Gasteiger partial charge is 0.417 e. The summed E-state index contributed by atoms with van der Waals surface area (Å²) in [5, 5.41) is 11.4. The van der Waals surface area contributed by atoms with E-state index in [2.05, 4.69) is 9.97 Å². The Kier molecular flexibility index (Phi) is 5.77. The number of rotatable bonds is 6. The number of ether oxygens (including phenoxy) is 1. The van der Waals surface area contributed by atoms with Crippen LogP contribution in [0.3, 0.4) is 0 Å². The molecule has 162 valence electrons. The minimum Gasteiger partial charge on any atom is -0.496 e. The van der Waals surface area contributed by atoms with Crippen molar-refractivity contribution < 1.29 is 27.4 Å². The Morgan fingerprint density at radius 3 is 2.50 bits per heavy atom. The molecule has 0 aliphatic carbocycles. The van der Waals surface area contributed by atoms with Gasteiger partial charge >= 0.3 is 6.18 Å². The Bertz CT molecular complexity index is 1060. The van der Waals surface area contributed by atoms with Gasteiger partial charge in [-0.3, -0.25) is 4.98 Å². The van der Waals surface area contributed by atoms with Crippen molar-refractivity contribution in [3.05, 3.63) is 58.8 Å². The van der Waals surface area contributed by atoms with E-state index in [1.54, 1.807) is 6.07 Å². The number of aromatic amines is 1. The quantitative estimate of drug-likeness (QED) is 0.489. The van der Waals surface area contributed by atoms with E-state index in [4.69, 9.17) is 16.3 Å². The number of halogens is 5. The second-order valence-electron chi connectivity index (χ2n) is 7.95. The van der Waals surface area contributed by atoms with Crippen LogP contribution in [0.2, 0.25) is 5.02 Å². The molecule has 0 radical (unpaired) electrons. The molecule has 3 aromatic rings. The lowest BCUT2D eigenvalue weighted by Gasteiger charge is -2.38. The van der Waals surface area contributed by atoms with Crippen LogP contribution in [0.15, 0.2) is 36.7 Å². The highest BCUT2D eigenvalue weighted by molar-refractivity contribution is 6.36. The third kappa shape index (κ3) is 4.11. The molecule has 0 aliphatic heterocycles. The number of nitrogens with one attached hydrogen (secondary N) is 1. The highest BCUT2D eigenvalue weighted by Gasteiger charge is 2.56. The molecule has 30 heavy (non-hydrogen) atoms. The fourth-order valence-corrected chi connectivity index (χ4v) is 4.04. The predicted molar refractivity (Wildman–Crippen MR) is 106 cm³/mol. The van der Waals surface area contributed by atoms with Crippen LogP contribution >= 0.6 is 11.6 Å². The first-order chi connectivity index (χ1) is 13.9. The van der Waals surface area contributed by atoms with Gasteiger partial charge in [-0.05, 0) is 36.1 Å². The van der Waals surface area contributed by atoms with E-state index in [0.717, 1.165) is 12.1 Å². The highest BCUT2D eigenvalue weighted by atomic mass is 35.5. The van der Waals surface area contributed by atoms with Gasteiger partial charge in [0, 0.05) is 35.5 Å². The number of hydrogen-bond donors (Lipinski definition) is 2. The van der Waals surface area contributed by atoms with Gasteiger partial charge in [-0.15, -0.1) is 0 Å². The van der Waals surface area contributed by atoms with Gasteiger partial charge in [0.25, 0.3) is 0 Å². The van der Waals surface area contributed by atoms with Crippen molar-refractivity contribution in [3.8, 4) is 5.75 Å². The fourth-order valence-electron chi connectivity index (χ4n) is 3.77. The average Bonchev–Trinajstić information content (AvgIpc) is 2.96. The normalized spacial score (nSPS) is 14.7. The zero-order valence-electron chi connectivity index (χ0n) is 16.6. The van der Waals surface area contributed by atoms with Crippen LogP contribution in [0.1, 0.15) is 31.5 Å². The zero-order chi connectivity index (χ0) is 22.3. The van der Waals surface area contributed by atoms with Crippen LogP contribution in [0.5, 0.6) is 5.75 Å². The largest absolute Gasteiger partial charge is 0.496 e. The highest BCUT2D eigenvalue weighted by Crippen LogP contribution is 2.46. The molecule has 2 heterocycles. The van der Waals surface area contributed by atoms with Gasteiger partial charge in [-0.25, -0.2) is 4.39 Å². The van der Waals surface area contributed by atoms with Crippen LogP contribution in [0.4, 0.5) is 17.6 Å². The van der Waals surface area contributed by atoms with Crippen molar-refractivity contribution >= 4 is 22.5 Å². The molecule has 0 aliphatic rings. The van der Waals surface area contributed by atoms with Gasteiger partial charge in [0.2, 0.25) is 0 Å². The van der Waals surface area contributed by atoms with Gasteiger partial charge < -0.3 is 14.8 Å². The first-order valence-electron chi connectivity index (χ1n) is 9.11. The van der Waals surface area contributed by atoms with E-state index >= 15 is 0 Å². The molecule has 0 saturated carbocycles. The van der Waals surface area contributed by atoms with E-state index < -0.39 is 35.9 Å². The molecular weight excluding hydrogens is 424 g/mol. The SMILES string of the molecule is COc1ccc(F)cc1C(C)(C)CC(O)(Cc1[nH]c2ccncc2c1Cl)C(F)(F)F. The molecular formula is C21H21ClF4N2O2. The van der Waals surface area contributed by atoms with Crippen molar-refractivity contribution in [2.24, 2.45) is 0 Å². The minimum absolute atomic E-state index is 0.0431. The number of nitrogens with zero attached hydrogens (tertiary/aromatic N) is 1. The number of aliphatic hydroxyl groups is 1. The van der Waals surface area contributed by atoms with Crippen LogP contribution in [0, 0.1) is 5.82 Å². The van der Waals surface area contributed by atoms with Crippen molar-refractivity contribution in [2.45, 2.75) is 43.9 Å². The summed E-state index contributed by atoms with van der Waals surface area (Å²) in [5.41, 5.74) is -3.63.